The Bertz CT molecular complexity index is 524. The first-order valence-corrected chi connectivity index (χ1v) is 5.10. The van der Waals surface area contributed by atoms with Crippen LogP contribution in [0.25, 0.3) is 0 Å². The maximum Gasteiger partial charge on any atom is 0.142 e. The lowest BCUT2D eigenvalue weighted by atomic mass is 10.0. The van der Waals surface area contributed by atoms with Crippen LogP contribution in [-0.2, 0) is 7.05 Å². The summed E-state index contributed by atoms with van der Waals surface area (Å²) < 4.78 is 6.61. The quantitative estimate of drug-likeness (QED) is 0.755. The summed E-state index contributed by atoms with van der Waals surface area (Å²) in [5.74, 6) is 0.539. The highest BCUT2D eigenvalue weighted by atomic mass is 16.5. The van der Waals surface area contributed by atoms with Gasteiger partial charge < -0.3 is 15.6 Å². The molecule has 0 radical (unpaired) electrons. The molecule has 0 amide bonds. The summed E-state index contributed by atoms with van der Waals surface area (Å²) in [5.41, 5.74) is 7.49. The van der Waals surface area contributed by atoms with Crippen LogP contribution in [0.3, 0.4) is 0 Å². The number of hydrogen-bond acceptors (Lipinski definition) is 5. The summed E-state index contributed by atoms with van der Waals surface area (Å²) in [6.07, 6.45) is 0.633. The molecule has 1 aromatic carbocycles. The van der Waals surface area contributed by atoms with Gasteiger partial charge in [0.1, 0.15) is 11.9 Å². The second-order valence-electron chi connectivity index (χ2n) is 3.65. The van der Waals surface area contributed by atoms with Gasteiger partial charge >= 0.3 is 0 Å². The van der Waals surface area contributed by atoms with Crippen LogP contribution in [0.2, 0.25) is 0 Å². The Morgan fingerprint density at radius 3 is 2.82 bits per heavy atom. The van der Waals surface area contributed by atoms with E-state index in [4.69, 9.17) is 10.5 Å². The highest BCUT2D eigenvalue weighted by Crippen LogP contribution is 2.32. The van der Waals surface area contributed by atoms with E-state index < -0.39 is 6.10 Å². The Labute approximate surface area is 98.6 Å². The highest BCUT2D eigenvalue weighted by Gasteiger charge is 2.18. The Morgan fingerprint density at radius 2 is 2.24 bits per heavy atom. The number of aliphatic hydroxyl groups excluding tert-OH is 1. The Hall–Kier alpha value is -2.08. The van der Waals surface area contributed by atoms with E-state index in [1.807, 2.05) is 0 Å². The minimum absolute atomic E-state index is 0.420. The number of nitrogens with zero attached hydrogens (tertiary/aromatic N) is 3. The number of nitrogens with two attached hydrogens (primary N) is 1. The van der Waals surface area contributed by atoms with Crippen molar-refractivity contribution in [2.75, 3.05) is 12.8 Å². The predicted molar refractivity (Wildman–Crippen MR) is 62.5 cm³/mol. The second-order valence-corrected chi connectivity index (χ2v) is 3.65. The van der Waals surface area contributed by atoms with Crippen LogP contribution in [-0.4, -0.2) is 27.2 Å². The Balaban J connectivity index is 2.44. The summed E-state index contributed by atoms with van der Waals surface area (Å²) >= 11 is 0. The molecular weight excluding hydrogens is 220 g/mol. The van der Waals surface area contributed by atoms with Crippen LogP contribution in [0, 0.1) is 0 Å². The third kappa shape index (κ3) is 1.94. The van der Waals surface area contributed by atoms with Crippen molar-refractivity contribution in [2.24, 2.45) is 7.05 Å². The summed E-state index contributed by atoms with van der Waals surface area (Å²) in [5, 5.41) is 17.7. The molecule has 0 aliphatic rings. The fourth-order valence-electron chi connectivity index (χ4n) is 1.68. The van der Waals surface area contributed by atoms with E-state index in [-0.39, 0.29) is 0 Å². The molecule has 6 nitrogen and oxygen atoms in total. The molecule has 1 aromatic heterocycles. The molecule has 0 aliphatic carbocycles. The molecule has 0 bridgehead atoms. The fraction of sp³-hybridized carbons (Fsp3) is 0.273. The number of rotatable bonds is 3. The average molecular weight is 234 g/mol. The lowest BCUT2D eigenvalue weighted by molar-refractivity contribution is 0.210. The van der Waals surface area contributed by atoms with Gasteiger partial charge in [0.15, 0.2) is 0 Å². The molecule has 2 aromatic rings. The van der Waals surface area contributed by atoms with Gasteiger partial charge in [-0.1, -0.05) is 17.3 Å². The van der Waals surface area contributed by atoms with Crippen molar-refractivity contribution in [3.05, 3.63) is 35.7 Å². The van der Waals surface area contributed by atoms with Gasteiger partial charge in [-0.2, -0.15) is 0 Å². The number of methoxy groups -OCH3 is 1. The van der Waals surface area contributed by atoms with Crippen LogP contribution in [0.1, 0.15) is 17.4 Å². The normalized spacial score (nSPS) is 12.4. The molecule has 3 N–H and O–H groups in total. The third-order valence-electron chi connectivity index (χ3n) is 2.64. The zero-order valence-electron chi connectivity index (χ0n) is 9.66. The Kier molecular flexibility index (Phi) is 2.97. The molecule has 1 heterocycles. The summed E-state index contributed by atoms with van der Waals surface area (Å²) in [4.78, 5) is 0. The number of benzene rings is 1. The van der Waals surface area contributed by atoms with Gasteiger partial charge in [-0.25, -0.2) is 4.68 Å². The van der Waals surface area contributed by atoms with Crippen molar-refractivity contribution in [1.29, 1.82) is 0 Å². The van der Waals surface area contributed by atoms with Crippen molar-refractivity contribution in [2.45, 2.75) is 6.10 Å². The molecule has 6 heteroatoms. The molecule has 1 unspecified atom stereocenters. The number of aryl methyl sites for hydroxylation is 1. The van der Waals surface area contributed by atoms with Crippen molar-refractivity contribution < 1.29 is 9.84 Å². The van der Waals surface area contributed by atoms with E-state index in [2.05, 4.69) is 10.3 Å². The first kappa shape index (κ1) is 11.4. The molecule has 0 fully saturated rings. The second kappa shape index (κ2) is 4.42. The van der Waals surface area contributed by atoms with Crippen molar-refractivity contribution in [3.8, 4) is 5.75 Å². The molecular formula is C11H14N4O2. The standard InChI is InChI=1S/C11H14N4O2/c1-15-8(6-13-14-15)11(16)7-4-3-5-9(17-2)10(7)12/h3-6,11,16H,12H2,1-2H3. The van der Waals surface area contributed by atoms with Gasteiger partial charge in [-0.15, -0.1) is 5.10 Å². The lowest BCUT2D eigenvalue weighted by Gasteiger charge is -2.15. The van der Waals surface area contributed by atoms with Crippen molar-refractivity contribution in [1.82, 2.24) is 15.0 Å². The van der Waals surface area contributed by atoms with E-state index in [1.165, 1.54) is 18.0 Å². The van der Waals surface area contributed by atoms with Gasteiger partial charge in [0, 0.05) is 12.6 Å². The van der Waals surface area contributed by atoms with Gasteiger partial charge in [0.2, 0.25) is 0 Å². The minimum Gasteiger partial charge on any atom is -0.495 e. The molecule has 90 valence electrons. The summed E-state index contributed by atoms with van der Waals surface area (Å²) in [6, 6.07) is 5.26. The number of hydrogen-bond donors (Lipinski definition) is 2. The monoisotopic (exact) mass is 234 g/mol. The van der Waals surface area contributed by atoms with Crippen molar-refractivity contribution >= 4 is 5.69 Å². The van der Waals surface area contributed by atoms with Crippen molar-refractivity contribution in [3.63, 3.8) is 0 Å². The summed E-state index contributed by atoms with van der Waals surface area (Å²) in [6.45, 7) is 0. The number of nitrogen functional groups attached to an aromatic ring is 1. The maximum absolute atomic E-state index is 10.2. The molecule has 0 saturated carbocycles. The molecule has 0 aliphatic heterocycles. The average Bonchev–Trinajstić information content (AvgIpc) is 2.75. The molecule has 2 rings (SSSR count). The fourth-order valence-corrected chi connectivity index (χ4v) is 1.68. The molecule has 0 spiro atoms. The molecule has 0 saturated heterocycles. The molecule has 17 heavy (non-hydrogen) atoms. The first-order valence-electron chi connectivity index (χ1n) is 5.10. The zero-order valence-corrected chi connectivity index (χ0v) is 9.66. The van der Waals surface area contributed by atoms with Crippen LogP contribution in [0.15, 0.2) is 24.4 Å². The Morgan fingerprint density at radius 1 is 1.47 bits per heavy atom. The van der Waals surface area contributed by atoms with Gasteiger partial charge in [0.25, 0.3) is 0 Å². The predicted octanol–water partition coefficient (Wildman–Crippen LogP) is 0.488. The number of aliphatic hydroxyl groups is 1. The first-order chi connectivity index (χ1) is 8.15. The highest BCUT2D eigenvalue weighted by molar-refractivity contribution is 5.60. The maximum atomic E-state index is 10.2. The van der Waals surface area contributed by atoms with Crippen LogP contribution in [0.4, 0.5) is 5.69 Å². The van der Waals surface area contributed by atoms with Gasteiger partial charge in [0.05, 0.1) is 24.7 Å². The number of ether oxygens (including phenoxy) is 1. The minimum atomic E-state index is -0.870. The largest absolute Gasteiger partial charge is 0.495 e. The van der Waals surface area contributed by atoms with Gasteiger partial charge in [-0.05, 0) is 6.07 Å². The smallest absolute Gasteiger partial charge is 0.142 e. The number of aromatic nitrogens is 3. The van der Waals surface area contributed by atoms with Crippen LogP contribution in [0.5, 0.6) is 5.75 Å². The summed E-state index contributed by atoms with van der Waals surface area (Å²) in [7, 11) is 3.25. The SMILES string of the molecule is COc1cccc(C(O)c2cnnn2C)c1N. The van der Waals surface area contributed by atoms with E-state index in [0.717, 1.165) is 0 Å². The van der Waals surface area contributed by atoms with Crippen LogP contribution >= 0.6 is 0 Å². The zero-order chi connectivity index (χ0) is 12.4. The number of anilines is 1. The van der Waals surface area contributed by atoms with E-state index in [0.29, 0.717) is 22.7 Å². The lowest BCUT2D eigenvalue weighted by Crippen LogP contribution is -2.09. The van der Waals surface area contributed by atoms with Crippen LogP contribution < -0.4 is 10.5 Å². The third-order valence-corrected chi connectivity index (χ3v) is 2.64. The van der Waals surface area contributed by atoms with Gasteiger partial charge in [-0.3, -0.25) is 0 Å². The van der Waals surface area contributed by atoms with E-state index >= 15 is 0 Å². The van der Waals surface area contributed by atoms with E-state index in [1.54, 1.807) is 25.2 Å². The topological polar surface area (TPSA) is 86.2 Å². The number of para-hydroxylation sites is 1. The molecule has 1 atom stereocenters. The van der Waals surface area contributed by atoms with E-state index in [9.17, 15) is 5.11 Å².